The number of hydrogen-bond donors (Lipinski definition) is 0. The minimum Gasteiger partial charge on any atom is -0.321 e. The van der Waals surface area contributed by atoms with E-state index in [1.165, 1.54) is 11.6 Å². The van der Waals surface area contributed by atoms with E-state index in [0.29, 0.717) is 17.7 Å². The first-order valence-electron chi connectivity index (χ1n) is 5.30. The largest absolute Gasteiger partial charge is 0.332 e. The summed E-state index contributed by atoms with van der Waals surface area (Å²) < 4.78 is 4.20. The van der Waals surface area contributed by atoms with Crippen LogP contribution in [0.4, 0.5) is 0 Å². The summed E-state index contributed by atoms with van der Waals surface area (Å²) in [5.41, 5.74) is 0.194. The third kappa shape index (κ3) is 1.61. The molecule has 0 aliphatic rings. The van der Waals surface area contributed by atoms with Crippen LogP contribution < -0.4 is 11.2 Å². The van der Waals surface area contributed by atoms with Gasteiger partial charge in [0.05, 0.1) is 6.33 Å². The SMILES string of the molecule is CC=CCn1cnc2c1c(=O)n(C)c(=O)n2C. The van der Waals surface area contributed by atoms with Gasteiger partial charge in [-0.25, -0.2) is 9.78 Å². The number of rotatable bonds is 2. The van der Waals surface area contributed by atoms with E-state index in [1.54, 1.807) is 17.9 Å². The highest BCUT2D eigenvalue weighted by molar-refractivity contribution is 5.69. The summed E-state index contributed by atoms with van der Waals surface area (Å²) >= 11 is 0. The second-order valence-corrected chi connectivity index (χ2v) is 3.84. The maximum atomic E-state index is 12.0. The van der Waals surface area contributed by atoms with Crippen LogP contribution in [-0.2, 0) is 20.6 Å². The highest BCUT2D eigenvalue weighted by Gasteiger charge is 2.13. The summed E-state index contributed by atoms with van der Waals surface area (Å²) in [5.74, 6) is 0. The third-order valence-electron chi connectivity index (χ3n) is 2.76. The molecule has 0 unspecified atom stereocenters. The van der Waals surface area contributed by atoms with Crippen LogP contribution in [0.3, 0.4) is 0 Å². The average Bonchev–Trinajstić information content (AvgIpc) is 2.75. The summed E-state index contributed by atoms with van der Waals surface area (Å²) in [5, 5.41) is 0. The Morgan fingerprint density at radius 1 is 1.29 bits per heavy atom. The second-order valence-electron chi connectivity index (χ2n) is 3.84. The van der Waals surface area contributed by atoms with E-state index in [-0.39, 0.29) is 11.2 Å². The molecule has 90 valence electrons. The Balaban J connectivity index is 2.86. The van der Waals surface area contributed by atoms with E-state index >= 15 is 0 Å². The lowest BCUT2D eigenvalue weighted by molar-refractivity contribution is 0.703. The number of aryl methyl sites for hydroxylation is 1. The topological polar surface area (TPSA) is 61.8 Å². The van der Waals surface area contributed by atoms with Crippen molar-refractivity contribution in [3.8, 4) is 0 Å². The fourth-order valence-electron chi connectivity index (χ4n) is 1.75. The first-order chi connectivity index (χ1) is 8.07. The molecule has 2 aromatic rings. The maximum Gasteiger partial charge on any atom is 0.332 e. The highest BCUT2D eigenvalue weighted by atomic mass is 16.2. The van der Waals surface area contributed by atoms with Gasteiger partial charge in [-0.15, -0.1) is 0 Å². The molecule has 0 atom stereocenters. The maximum absolute atomic E-state index is 12.0. The van der Waals surface area contributed by atoms with Crippen LogP contribution >= 0.6 is 0 Å². The molecule has 0 aliphatic carbocycles. The van der Waals surface area contributed by atoms with Crippen LogP contribution in [0.15, 0.2) is 28.1 Å². The Kier molecular flexibility index (Phi) is 2.71. The normalized spacial score (nSPS) is 11.7. The molecule has 0 N–H and O–H groups in total. The molecule has 2 heterocycles. The van der Waals surface area contributed by atoms with Crippen LogP contribution in [0, 0.1) is 0 Å². The zero-order chi connectivity index (χ0) is 12.6. The lowest BCUT2D eigenvalue weighted by Crippen LogP contribution is -2.37. The number of hydrogen-bond acceptors (Lipinski definition) is 3. The zero-order valence-corrected chi connectivity index (χ0v) is 10.0. The van der Waals surface area contributed by atoms with Gasteiger partial charge in [0, 0.05) is 20.6 Å². The van der Waals surface area contributed by atoms with Gasteiger partial charge in [0.1, 0.15) is 0 Å². The molecule has 0 aromatic carbocycles. The van der Waals surface area contributed by atoms with Gasteiger partial charge < -0.3 is 4.57 Å². The number of fused-ring (bicyclic) bond motifs is 1. The number of allylic oxidation sites excluding steroid dienone is 2. The Bertz CT molecular complexity index is 703. The molecule has 0 radical (unpaired) electrons. The molecular weight excluding hydrogens is 220 g/mol. The first kappa shape index (κ1) is 11.4. The van der Waals surface area contributed by atoms with E-state index in [2.05, 4.69) is 4.98 Å². The van der Waals surface area contributed by atoms with Gasteiger partial charge in [0.15, 0.2) is 11.2 Å². The van der Waals surface area contributed by atoms with Crippen molar-refractivity contribution in [2.45, 2.75) is 13.5 Å². The van der Waals surface area contributed by atoms with Crippen molar-refractivity contribution in [2.75, 3.05) is 0 Å². The zero-order valence-electron chi connectivity index (χ0n) is 10.0. The van der Waals surface area contributed by atoms with E-state index in [0.717, 1.165) is 4.57 Å². The monoisotopic (exact) mass is 234 g/mol. The van der Waals surface area contributed by atoms with E-state index in [4.69, 9.17) is 0 Å². The minimum absolute atomic E-state index is 0.315. The van der Waals surface area contributed by atoms with Crippen molar-refractivity contribution in [3.05, 3.63) is 39.3 Å². The standard InChI is InChI=1S/C11H14N4O2/c1-4-5-6-15-7-12-9-8(15)10(16)14(3)11(17)13(9)2/h4-5,7H,6H2,1-3H3. The first-order valence-corrected chi connectivity index (χ1v) is 5.30. The predicted molar refractivity (Wildman–Crippen MR) is 65.0 cm³/mol. The average molecular weight is 234 g/mol. The summed E-state index contributed by atoms with van der Waals surface area (Å²) in [6, 6.07) is 0. The molecular formula is C11H14N4O2. The van der Waals surface area contributed by atoms with Gasteiger partial charge in [-0.1, -0.05) is 12.2 Å². The van der Waals surface area contributed by atoms with Gasteiger partial charge in [0.2, 0.25) is 0 Å². The number of aromatic nitrogens is 4. The van der Waals surface area contributed by atoms with Crippen molar-refractivity contribution in [1.29, 1.82) is 0 Å². The van der Waals surface area contributed by atoms with Crippen molar-refractivity contribution in [1.82, 2.24) is 18.7 Å². The van der Waals surface area contributed by atoms with Crippen LogP contribution in [0.5, 0.6) is 0 Å². The van der Waals surface area contributed by atoms with Crippen LogP contribution in [0.2, 0.25) is 0 Å². The summed E-state index contributed by atoms with van der Waals surface area (Å²) in [7, 11) is 3.08. The summed E-state index contributed by atoms with van der Waals surface area (Å²) in [6.45, 7) is 2.48. The lowest BCUT2D eigenvalue weighted by Gasteiger charge is -2.04. The van der Waals surface area contributed by atoms with E-state index < -0.39 is 0 Å². The molecule has 0 saturated carbocycles. The molecule has 6 nitrogen and oxygen atoms in total. The van der Waals surface area contributed by atoms with Crippen molar-refractivity contribution in [2.24, 2.45) is 14.1 Å². The van der Waals surface area contributed by atoms with Crippen molar-refractivity contribution >= 4 is 11.2 Å². The minimum atomic E-state index is -0.362. The van der Waals surface area contributed by atoms with Crippen LogP contribution in [-0.4, -0.2) is 18.7 Å². The molecule has 2 rings (SSSR count). The highest BCUT2D eigenvalue weighted by Crippen LogP contribution is 2.05. The molecule has 0 saturated heterocycles. The number of imidazole rings is 1. The molecule has 0 bridgehead atoms. The van der Waals surface area contributed by atoms with Crippen molar-refractivity contribution < 1.29 is 0 Å². The molecule has 0 fully saturated rings. The summed E-state index contributed by atoms with van der Waals surface area (Å²) in [6.07, 6.45) is 5.40. The number of nitrogens with zero attached hydrogens (tertiary/aromatic N) is 4. The molecule has 0 spiro atoms. The third-order valence-corrected chi connectivity index (χ3v) is 2.76. The fourth-order valence-corrected chi connectivity index (χ4v) is 1.75. The molecule has 0 aliphatic heterocycles. The Hall–Kier alpha value is -2.11. The smallest absolute Gasteiger partial charge is 0.321 e. The van der Waals surface area contributed by atoms with E-state index in [9.17, 15) is 9.59 Å². The Labute approximate surface area is 97.4 Å². The quantitative estimate of drug-likeness (QED) is 0.688. The Morgan fingerprint density at radius 3 is 2.65 bits per heavy atom. The summed E-state index contributed by atoms with van der Waals surface area (Å²) in [4.78, 5) is 27.8. The second kappa shape index (κ2) is 4.04. The molecule has 2 aromatic heterocycles. The fraction of sp³-hybridized carbons (Fsp3) is 0.364. The Morgan fingerprint density at radius 2 is 2.00 bits per heavy atom. The molecule has 0 amide bonds. The van der Waals surface area contributed by atoms with Crippen molar-refractivity contribution in [3.63, 3.8) is 0 Å². The predicted octanol–water partition coefficient (Wildman–Crippen LogP) is 0.00980. The van der Waals surface area contributed by atoms with Crippen LogP contribution in [0.1, 0.15) is 6.92 Å². The van der Waals surface area contributed by atoms with Gasteiger partial charge >= 0.3 is 5.69 Å². The molecule has 17 heavy (non-hydrogen) atoms. The molecule has 6 heteroatoms. The van der Waals surface area contributed by atoms with E-state index in [1.807, 2.05) is 19.1 Å². The van der Waals surface area contributed by atoms with Gasteiger partial charge in [-0.2, -0.15) is 0 Å². The van der Waals surface area contributed by atoms with Gasteiger partial charge in [0.25, 0.3) is 5.56 Å². The van der Waals surface area contributed by atoms with Crippen LogP contribution in [0.25, 0.3) is 11.2 Å². The lowest BCUT2D eigenvalue weighted by atomic mass is 10.4. The van der Waals surface area contributed by atoms with Gasteiger partial charge in [-0.3, -0.25) is 13.9 Å². The van der Waals surface area contributed by atoms with Gasteiger partial charge in [-0.05, 0) is 6.92 Å².